The number of anilines is 1. The first-order valence-electron chi connectivity index (χ1n) is 10.5. The molecule has 2 N–H and O–H groups in total. The summed E-state index contributed by atoms with van der Waals surface area (Å²) in [6.07, 6.45) is 3.01. The first-order valence-corrected chi connectivity index (χ1v) is 10.5. The Morgan fingerprint density at radius 1 is 1.28 bits per heavy atom. The van der Waals surface area contributed by atoms with Gasteiger partial charge >= 0.3 is 0 Å². The topological polar surface area (TPSA) is 65.0 Å². The fraction of sp³-hybridized carbons (Fsp3) is 0.714. The van der Waals surface area contributed by atoms with E-state index in [2.05, 4.69) is 47.4 Å². The molecule has 166 valence electrons. The predicted octanol–water partition coefficient (Wildman–Crippen LogP) is 2.57. The normalized spacial score (nSPS) is 16.3. The number of aromatic nitrogens is 1. The van der Waals surface area contributed by atoms with Gasteiger partial charge in [0.2, 0.25) is 0 Å². The molecule has 1 aromatic rings. The zero-order valence-corrected chi connectivity index (χ0v) is 21.0. The summed E-state index contributed by atoms with van der Waals surface area (Å²) in [6.45, 7) is 12.7. The largest absolute Gasteiger partial charge is 0.379 e. The van der Waals surface area contributed by atoms with Crippen molar-refractivity contribution in [3.63, 3.8) is 0 Å². The highest BCUT2D eigenvalue weighted by atomic mass is 127. The fourth-order valence-corrected chi connectivity index (χ4v) is 3.38. The average Bonchev–Trinajstić information content (AvgIpc) is 2.69. The van der Waals surface area contributed by atoms with Crippen LogP contribution in [0.2, 0.25) is 0 Å². The van der Waals surface area contributed by atoms with E-state index in [4.69, 9.17) is 9.73 Å². The van der Waals surface area contributed by atoms with Crippen LogP contribution in [0.15, 0.2) is 23.3 Å². The van der Waals surface area contributed by atoms with E-state index in [1.54, 1.807) is 0 Å². The number of guanidine groups is 1. The summed E-state index contributed by atoms with van der Waals surface area (Å²) in [5.41, 5.74) is 1.16. The lowest BCUT2D eigenvalue weighted by Gasteiger charge is -2.35. The Hall–Kier alpha value is -1.13. The van der Waals surface area contributed by atoms with Crippen LogP contribution < -0.4 is 15.5 Å². The van der Waals surface area contributed by atoms with Gasteiger partial charge in [-0.3, -0.25) is 4.90 Å². The summed E-state index contributed by atoms with van der Waals surface area (Å²) >= 11 is 0. The number of hydrogen-bond donors (Lipinski definition) is 2. The molecular weight excluding hydrogens is 479 g/mol. The number of nitrogens with one attached hydrogen (secondary N) is 2. The van der Waals surface area contributed by atoms with Crippen LogP contribution in [-0.4, -0.2) is 75.4 Å². The number of halogens is 1. The van der Waals surface area contributed by atoms with Gasteiger partial charge in [-0.25, -0.2) is 9.98 Å². The first kappa shape index (κ1) is 25.9. The van der Waals surface area contributed by atoms with Gasteiger partial charge < -0.3 is 20.3 Å². The Bertz CT molecular complexity index is 605. The highest BCUT2D eigenvalue weighted by molar-refractivity contribution is 14.0. The van der Waals surface area contributed by atoms with Gasteiger partial charge in [0.25, 0.3) is 0 Å². The van der Waals surface area contributed by atoms with Crippen LogP contribution >= 0.6 is 24.0 Å². The monoisotopic (exact) mass is 518 g/mol. The molecule has 0 amide bonds. The highest BCUT2D eigenvalue weighted by Crippen LogP contribution is 2.13. The van der Waals surface area contributed by atoms with E-state index in [-0.39, 0.29) is 24.0 Å². The molecular formula is C21H39IN6O. The second-order valence-corrected chi connectivity index (χ2v) is 7.92. The number of morpholine rings is 1. The number of rotatable bonds is 9. The van der Waals surface area contributed by atoms with Gasteiger partial charge in [0.1, 0.15) is 5.82 Å². The van der Waals surface area contributed by atoms with Gasteiger partial charge in [-0.1, -0.05) is 13.8 Å². The van der Waals surface area contributed by atoms with Gasteiger partial charge in [0, 0.05) is 52.5 Å². The van der Waals surface area contributed by atoms with Crippen molar-refractivity contribution in [1.82, 2.24) is 20.5 Å². The molecule has 0 aliphatic carbocycles. The Balaban J connectivity index is 0.00000420. The number of pyridine rings is 1. The molecule has 29 heavy (non-hydrogen) atoms. The summed E-state index contributed by atoms with van der Waals surface area (Å²) in [5.74, 6) is 2.48. The zero-order chi connectivity index (χ0) is 20.4. The number of hydrogen-bond acceptors (Lipinski definition) is 5. The van der Waals surface area contributed by atoms with Crippen LogP contribution in [0.3, 0.4) is 0 Å². The maximum atomic E-state index is 5.53. The van der Waals surface area contributed by atoms with Crippen molar-refractivity contribution in [2.45, 2.75) is 39.8 Å². The third kappa shape index (κ3) is 9.48. The summed E-state index contributed by atoms with van der Waals surface area (Å²) in [7, 11) is 4.00. The number of ether oxygens (including phenoxy) is 1. The molecule has 1 atom stereocenters. The number of aliphatic imine (C=N–C) groups is 1. The molecule has 1 aliphatic heterocycles. The van der Waals surface area contributed by atoms with Gasteiger partial charge in [0.15, 0.2) is 5.96 Å². The summed E-state index contributed by atoms with van der Waals surface area (Å²) in [4.78, 5) is 13.7. The molecule has 8 heteroatoms. The van der Waals surface area contributed by atoms with Gasteiger partial charge in [0.05, 0.1) is 19.8 Å². The van der Waals surface area contributed by atoms with Crippen molar-refractivity contribution in [1.29, 1.82) is 0 Å². The van der Waals surface area contributed by atoms with E-state index >= 15 is 0 Å². The van der Waals surface area contributed by atoms with E-state index in [1.807, 2.05) is 31.3 Å². The van der Waals surface area contributed by atoms with E-state index < -0.39 is 0 Å². The Labute approximate surface area is 193 Å². The van der Waals surface area contributed by atoms with Gasteiger partial charge in [-0.05, 0) is 37.0 Å². The van der Waals surface area contributed by atoms with Crippen molar-refractivity contribution in [2.24, 2.45) is 10.9 Å². The van der Waals surface area contributed by atoms with E-state index in [9.17, 15) is 0 Å². The quantitative estimate of drug-likeness (QED) is 0.298. The Kier molecular flexibility index (Phi) is 12.5. The SMILES string of the molecule is CCNC(=NCc1ccnc(N(C)C)c1)NCC(CC(C)C)N1CCOCC1.I. The fourth-order valence-electron chi connectivity index (χ4n) is 3.38. The second-order valence-electron chi connectivity index (χ2n) is 7.92. The van der Waals surface area contributed by atoms with Crippen molar-refractivity contribution < 1.29 is 4.74 Å². The highest BCUT2D eigenvalue weighted by Gasteiger charge is 2.22. The van der Waals surface area contributed by atoms with Crippen molar-refractivity contribution in [3.8, 4) is 0 Å². The first-order chi connectivity index (χ1) is 13.5. The Morgan fingerprint density at radius 3 is 2.62 bits per heavy atom. The molecule has 1 aromatic heterocycles. The third-order valence-corrected chi connectivity index (χ3v) is 4.84. The molecule has 1 aliphatic rings. The minimum atomic E-state index is 0. The van der Waals surface area contributed by atoms with Crippen LogP contribution in [0, 0.1) is 5.92 Å². The number of nitrogens with zero attached hydrogens (tertiary/aromatic N) is 4. The van der Waals surface area contributed by atoms with E-state index in [1.165, 1.54) is 6.42 Å². The van der Waals surface area contributed by atoms with Crippen LogP contribution in [0.5, 0.6) is 0 Å². The molecule has 2 heterocycles. The third-order valence-electron chi connectivity index (χ3n) is 4.84. The minimum Gasteiger partial charge on any atom is -0.379 e. The standard InChI is InChI=1S/C21H38N6O.HI/c1-6-22-21(24-15-18-7-8-23-20(14-18)26(4)5)25-16-19(13-17(2)3)27-9-11-28-12-10-27;/h7-8,14,17,19H,6,9-13,15-16H2,1-5H3,(H2,22,24,25);1H. The molecule has 0 radical (unpaired) electrons. The lowest BCUT2D eigenvalue weighted by Crippen LogP contribution is -2.51. The molecule has 2 rings (SSSR count). The lowest BCUT2D eigenvalue weighted by atomic mass is 10.0. The molecule has 0 aromatic carbocycles. The zero-order valence-electron chi connectivity index (χ0n) is 18.6. The average molecular weight is 518 g/mol. The van der Waals surface area contributed by atoms with E-state index in [0.717, 1.165) is 56.7 Å². The van der Waals surface area contributed by atoms with Crippen LogP contribution in [0.1, 0.15) is 32.8 Å². The Morgan fingerprint density at radius 2 is 2.00 bits per heavy atom. The van der Waals surface area contributed by atoms with Crippen LogP contribution in [0.4, 0.5) is 5.82 Å². The maximum absolute atomic E-state index is 5.53. The summed E-state index contributed by atoms with van der Waals surface area (Å²) < 4.78 is 5.53. The molecule has 1 fully saturated rings. The second kappa shape index (κ2) is 14.0. The molecule has 1 unspecified atom stereocenters. The van der Waals surface area contributed by atoms with Gasteiger partial charge in [-0.2, -0.15) is 0 Å². The molecule has 7 nitrogen and oxygen atoms in total. The van der Waals surface area contributed by atoms with Crippen molar-refractivity contribution in [3.05, 3.63) is 23.9 Å². The minimum absolute atomic E-state index is 0. The van der Waals surface area contributed by atoms with Crippen molar-refractivity contribution in [2.75, 3.05) is 58.4 Å². The summed E-state index contributed by atoms with van der Waals surface area (Å²) in [5, 5.41) is 6.93. The molecule has 1 saturated heterocycles. The summed E-state index contributed by atoms with van der Waals surface area (Å²) in [6, 6.07) is 4.60. The smallest absolute Gasteiger partial charge is 0.191 e. The van der Waals surface area contributed by atoms with Crippen LogP contribution in [0.25, 0.3) is 0 Å². The lowest BCUT2D eigenvalue weighted by molar-refractivity contribution is 0.0132. The maximum Gasteiger partial charge on any atom is 0.191 e. The molecule has 0 saturated carbocycles. The van der Waals surface area contributed by atoms with Gasteiger partial charge in [-0.15, -0.1) is 24.0 Å². The van der Waals surface area contributed by atoms with Crippen LogP contribution in [-0.2, 0) is 11.3 Å². The van der Waals surface area contributed by atoms with Crippen molar-refractivity contribution >= 4 is 35.8 Å². The van der Waals surface area contributed by atoms with E-state index in [0.29, 0.717) is 18.5 Å². The predicted molar refractivity (Wildman–Crippen MR) is 132 cm³/mol. The molecule has 0 spiro atoms. The molecule has 0 bridgehead atoms.